The molecule has 1 saturated heterocycles. The molecule has 5 nitrogen and oxygen atoms in total. The summed E-state index contributed by atoms with van der Waals surface area (Å²) in [7, 11) is -4.44. The molecule has 0 aromatic heterocycles. The SMILES string of the molecule is CC1CCN(C(=O)Cc2ccc(S(=O)(=O)CC(F)(F)F)cc2)C(CN)C1.Cl. The van der Waals surface area contributed by atoms with Crippen LogP contribution in [-0.4, -0.2) is 50.3 Å². The molecule has 1 amide bonds. The van der Waals surface area contributed by atoms with Crippen LogP contribution in [-0.2, 0) is 21.1 Å². The van der Waals surface area contributed by atoms with Gasteiger partial charge in [0.05, 0.1) is 11.3 Å². The second-order valence-corrected chi connectivity index (χ2v) is 8.79. The molecule has 154 valence electrons. The summed E-state index contributed by atoms with van der Waals surface area (Å²) in [6, 6.07) is 4.97. The van der Waals surface area contributed by atoms with Crippen molar-refractivity contribution in [3.63, 3.8) is 0 Å². The number of nitrogens with zero attached hydrogens (tertiary/aromatic N) is 1. The van der Waals surface area contributed by atoms with Crippen molar-refractivity contribution in [2.24, 2.45) is 11.7 Å². The van der Waals surface area contributed by atoms with Crippen LogP contribution < -0.4 is 5.73 Å². The number of hydrogen-bond donors (Lipinski definition) is 1. The standard InChI is InChI=1S/C17H23F3N2O3S.ClH/c1-12-6-7-22(14(8-12)10-21)16(23)9-13-2-4-15(5-3-13)26(24,25)11-17(18,19)20;/h2-5,12,14H,6-11,21H2,1H3;1H. The van der Waals surface area contributed by atoms with Crippen molar-refractivity contribution < 1.29 is 26.4 Å². The van der Waals surface area contributed by atoms with E-state index in [9.17, 15) is 26.4 Å². The summed E-state index contributed by atoms with van der Waals surface area (Å²) in [5.41, 5.74) is 6.30. The van der Waals surface area contributed by atoms with E-state index in [4.69, 9.17) is 5.73 Å². The molecule has 2 N–H and O–H groups in total. The van der Waals surface area contributed by atoms with Crippen molar-refractivity contribution in [2.45, 2.75) is 43.3 Å². The number of alkyl halides is 3. The van der Waals surface area contributed by atoms with Gasteiger partial charge < -0.3 is 10.6 Å². The van der Waals surface area contributed by atoms with Crippen molar-refractivity contribution >= 4 is 28.2 Å². The highest BCUT2D eigenvalue weighted by atomic mass is 35.5. The highest BCUT2D eigenvalue weighted by Crippen LogP contribution is 2.24. The van der Waals surface area contributed by atoms with Gasteiger partial charge in [-0.2, -0.15) is 13.2 Å². The Morgan fingerprint density at radius 1 is 1.26 bits per heavy atom. The van der Waals surface area contributed by atoms with Gasteiger partial charge in [-0.3, -0.25) is 4.79 Å². The third-order valence-corrected chi connectivity index (χ3v) is 6.26. The number of carbonyl (C=O) groups is 1. The molecular weight excluding hydrogens is 405 g/mol. The summed E-state index contributed by atoms with van der Waals surface area (Å²) >= 11 is 0. The number of piperidine rings is 1. The summed E-state index contributed by atoms with van der Waals surface area (Å²) in [6.07, 6.45) is -2.99. The van der Waals surface area contributed by atoms with Crippen LogP contribution in [0.1, 0.15) is 25.3 Å². The van der Waals surface area contributed by atoms with E-state index in [0.717, 1.165) is 25.0 Å². The molecule has 1 aromatic carbocycles. The molecule has 1 aromatic rings. The van der Waals surface area contributed by atoms with Gasteiger partial charge in [0, 0.05) is 19.1 Å². The highest BCUT2D eigenvalue weighted by Gasteiger charge is 2.36. The first kappa shape index (κ1) is 23.7. The van der Waals surface area contributed by atoms with Crippen LogP contribution in [0.4, 0.5) is 13.2 Å². The van der Waals surface area contributed by atoms with E-state index in [0.29, 0.717) is 24.6 Å². The predicted octanol–water partition coefficient (Wildman–Crippen LogP) is 2.57. The number of nitrogens with two attached hydrogens (primary N) is 1. The molecule has 1 heterocycles. The number of benzene rings is 1. The Morgan fingerprint density at radius 2 is 1.85 bits per heavy atom. The molecule has 1 fully saturated rings. The molecule has 27 heavy (non-hydrogen) atoms. The fraction of sp³-hybridized carbons (Fsp3) is 0.588. The summed E-state index contributed by atoms with van der Waals surface area (Å²) < 4.78 is 60.5. The second-order valence-electron chi connectivity index (χ2n) is 6.80. The van der Waals surface area contributed by atoms with Crippen LogP contribution in [0.25, 0.3) is 0 Å². The van der Waals surface area contributed by atoms with Gasteiger partial charge in [0.1, 0.15) is 0 Å². The van der Waals surface area contributed by atoms with Crippen LogP contribution in [0, 0.1) is 5.92 Å². The largest absolute Gasteiger partial charge is 0.403 e. The first-order valence-corrected chi connectivity index (χ1v) is 10.0. The lowest BCUT2D eigenvalue weighted by Crippen LogP contribution is -2.49. The Kier molecular flexibility index (Phi) is 8.13. The first-order valence-electron chi connectivity index (χ1n) is 8.40. The Bertz CT molecular complexity index is 739. The molecule has 0 spiro atoms. The molecule has 0 saturated carbocycles. The van der Waals surface area contributed by atoms with Crippen molar-refractivity contribution in [3.05, 3.63) is 29.8 Å². The Balaban J connectivity index is 0.00000364. The van der Waals surface area contributed by atoms with Crippen molar-refractivity contribution in [2.75, 3.05) is 18.8 Å². The molecule has 2 atom stereocenters. The molecule has 0 radical (unpaired) electrons. The molecular formula is C17H24ClF3N2O3S. The lowest BCUT2D eigenvalue weighted by atomic mass is 9.92. The van der Waals surface area contributed by atoms with E-state index in [1.165, 1.54) is 12.1 Å². The summed E-state index contributed by atoms with van der Waals surface area (Å²) in [4.78, 5) is 13.9. The maximum atomic E-state index is 12.5. The van der Waals surface area contributed by atoms with Gasteiger partial charge in [-0.15, -0.1) is 12.4 Å². The van der Waals surface area contributed by atoms with Gasteiger partial charge in [-0.1, -0.05) is 19.1 Å². The molecule has 1 aliphatic heterocycles. The van der Waals surface area contributed by atoms with Crippen molar-refractivity contribution in [1.82, 2.24) is 4.90 Å². The van der Waals surface area contributed by atoms with Gasteiger partial charge in [-0.25, -0.2) is 8.42 Å². The Labute approximate surface area is 163 Å². The minimum atomic E-state index is -4.80. The molecule has 1 aliphatic rings. The zero-order valence-electron chi connectivity index (χ0n) is 14.9. The normalized spacial score (nSPS) is 20.9. The minimum Gasteiger partial charge on any atom is -0.338 e. The van der Waals surface area contributed by atoms with E-state index < -0.39 is 26.7 Å². The smallest absolute Gasteiger partial charge is 0.338 e. The van der Waals surface area contributed by atoms with E-state index in [1.54, 1.807) is 4.90 Å². The van der Waals surface area contributed by atoms with Gasteiger partial charge in [0.25, 0.3) is 0 Å². The number of likely N-dealkylation sites (tertiary alicyclic amines) is 1. The topological polar surface area (TPSA) is 80.5 Å². The number of sulfone groups is 1. The summed E-state index contributed by atoms with van der Waals surface area (Å²) in [5.74, 6) is -1.51. The molecule has 10 heteroatoms. The summed E-state index contributed by atoms with van der Waals surface area (Å²) in [6.45, 7) is 3.12. The Hall–Kier alpha value is -1.32. The van der Waals surface area contributed by atoms with E-state index in [2.05, 4.69) is 6.92 Å². The fourth-order valence-corrected chi connectivity index (χ4v) is 4.34. The lowest BCUT2D eigenvalue weighted by molar-refractivity contribution is -0.134. The zero-order valence-corrected chi connectivity index (χ0v) is 16.5. The third-order valence-electron chi connectivity index (χ3n) is 4.56. The third kappa shape index (κ3) is 6.65. The molecule has 0 aliphatic carbocycles. The number of hydrogen-bond acceptors (Lipinski definition) is 4. The maximum Gasteiger partial charge on any atom is 0.403 e. The summed E-state index contributed by atoms with van der Waals surface area (Å²) in [5, 5.41) is 0. The average molecular weight is 429 g/mol. The monoisotopic (exact) mass is 428 g/mol. The van der Waals surface area contributed by atoms with Crippen LogP contribution >= 0.6 is 12.4 Å². The van der Waals surface area contributed by atoms with E-state index >= 15 is 0 Å². The second kappa shape index (κ2) is 9.25. The van der Waals surface area contributed by atoms with E-state index in [-0.39, 0.29) is 30.8 Å². The van der Waals surface area contributed by atoms with Crippen molar-refractivity contribution in [3.8, 4) is 0 Å². The molecule has 2 unspecified atom stereocenters. The maximum absolute atomic E-state index is 12.5. The Morgan fingerprint density at radius 3 is 2.37 bits per heavy atom. The van der Waals surface area contributed by atoms with E-state index in [1.807, 2.05) is 0 Å². The molecule has 0 bridgehead atoms. The van der Waals surface area contributed by atoms with Crippen LogP contribution in [0.2, 0.25) is 0 Å². The van der Waals surface area contributed by atoms with Crippen LogP contribution in [0.3, 0.4) is 0 Å². The number of rotatable bonds is 5. The van der Waals surface area contributed by atoms with Gasteiger partial charge in [0.15, 0.2) is 15.6 Å². The molecule has 2 rings (SSSR count). The van der Waals surface area contributed by atoms with Gasteiger partial charge >= 0.3 is 6.18 Å². The predicted molar refractivity (Wildman–Crippen MR) is 98.5 cm³/mol. The number of carbonyl (C=O) groups excluding carboxylic acids is 1. The van der Waals surface area contributed by atoms with Crippen molar-refractivity contribution in [1.29, 1.82) is 0 Å². The first-order chi connectivity index (χ1) is 12.0. The van der Waals surface area contributed by atoms with Crippen LogP contribution in [0.15, 0.2) is 29.2 Å². The zero-order chi connectivity index (χ0) is 19.5. The quantitative estimate of drug-likeness (QED) is 0.781. The highest BCUT2D eigenvalue weighted by molar-refractivity contribution is 7.91. The van der Waals surface area contributed by atoms with Gasteiger partial charge in [0.2, 0.25) is 5.91 Å². The lowest BCUT2D eigenvalue weighted by Gasteiger charge is -2.38. The van der Waals surface area contributed by atoms with Gasteiger partial charge in [-0.05, 0) is 36.5 Å². The minimum absolute atomic E-state index is 0. The van der Waals surface area contributed by atoms with Crippen LogP contribution in [0.5, 0.6) is 0 Å². The number of halogens is 4. The average Bonchev–Trinajstić information content (AvgIpc) is 2.52. The number of amides is 1. The fourth-order valence-electron chi connectivity index (χ4n) is 3.19.